The van der Waals surface area contributed by atoms with Crippen LogP contribution in [-0.4, -0.2) is 23.3 Å². The number of aryl methyl sites for hydroxylation is 1. The second kappa shape index (κ2) is 3.87. The smallest absolute Gasteiger partial charge is 0.158 e. The summed E-state index contributed by atoms with van der Waals surface area (Å²) in [5, 5.41) is 12.4. The van der Waals surface area contributed by atoms with Crippen molar-refractivity contribution in [2.45, 2.75) is 25.7 Å². The van der Waals surface area contributed by atoms with Crippen LogP contribution in [0.4, 0.5) is 0 Å². The first-order chi connectivity index (χ1) is 7.84. The van der Waals surface area contributed by atoms with Crippen LogP contribution in [0.1, 0.15) is 30.2 Å². The molecule has 1 aliphatic heterocycles. The van der Waals surface area contributed by atoms with E-state index in [0.717, 1.165) is 35.5 Å². The lowest BCUT2D eigenvalue weighted by molar-refractivity contribution is 0.399. The Kier molecular flexibility index (Phi) is 2.36. The number of hydrogen-bond donors (Lipinski definition) is 1. The molecule has 84 valence electrons. The van der Waals surface area contributed by atoms with Crippen molar-refractivity contribution in [3.8, 4) is 0 Å². The van der Waals surface area contributed by atoms with E-state index >= 15 is 0 Å². The maximum absolute atomic E-state index is 5.90. The molecule has 1 N–H and O–H groups in total. The van der Waals surface area contributed by atoms with Gasteiger partial charge in [0.15, 0.2) is 5.58 Å². The molecule has 16 heavy (non-hydrogen) atoms. The molecule has 0 aromatic carbocycles. The van der Waals surface area contributed by atoms with Crippen molar-refractivity contribution in [2.24, 2.45) is 0 Å². The number of aromatic nitrogens is 2. The summed E-state index contributed by atoms with van der Waals surface area (Å²) in [6.45, 7) is 4.07. The first kappa shape index (κ1) is 9.78. The van der Waals surface area contributed by atoms with E-state index in [1.807, 2.05) is 6.92 Å². The predicted octanol–water partition coefficient (Wildman–Crippen LogP) is 2.00. The minimum absolute atomic E-state index is 0.501. The highest BCUT2D eigenvalue weighted by Gasteiger charge is 2.19. The van der Waals surface area contributed by atoms with E-state index in [1.165, 1.54) is 12.8 Å². The van der Waals surface area contributed by atoms with Gasteiger partial charge in [-0.25, -0.2) is 0 Å². The number of rotatable bonds is 1. The number of furan rings is 1. The Morgan fingerprint density at radius 2 is 2.44 bits per heavy atom. The molecule has 1 atom stereocenters. The molecule has 0 amide bonds. The van der Waals surface area contributed by atoms with Gasteiger partial charge in [-0.15, -0.1) is 0 Å². The first-order valence-corrected chi connectivity index (χ1v) is 5.77. The van der Waals surface area contributed by atoms with Gasteiger partial charge >= 0.3 is 0 Å². The largest absolute Gasteiger partial charge is 0.459 e. The summed E-state index contributed by atoms with van der Waals surface area (Å²) in [6, 6.07) is 2.11. The third kappa shape index (κ3) is 1.59. The van der Waals surface area contributed by atoms with Crippen molar-refractivity contribution in [3.05, 3.63) is 23.7 Å². The lowest BCUT2D eigenvalue weighted by atomic mass is 9.97. The van der Waals surface area contributed by atoms with E-state index in [4.69, 9.17) is 4.42 Å². The molecule has 0 radical (unpaired) electrons. The minimum Gasteiger partial charge on any atom is -0.459 e. The summed E-state index contributed by atoms with van der Waals surface area (Å²) >= 11 is 0. The van der Waals surface area contributed by atoms with Crippen molar-refractivity contribution in [1.82, 2.24) is 15.5 Å². The second-order valence-electron chi connectivity index (χ2n) is 4.41. The minimum atomic E-state index is 0.501. The fourth-order valence-electron chi connectivity index (χ4n) is 2.32. The monoisotopic (exact) mass is 217 g/mol. The Morgan fingerprint density at radius 1 is 1.50 bits per heavy atom. The lowest BCUT2D eigenvalue weighted by Crippen LogP contribution is -2.28. The zero-order valence-electron chi connectivity index (χ0n) is 9.36. The van der Waals surface area contributed by atoms with E-state index < -0.39 is 0 Å². The Bertz CT molecular complexity index is 500. The van der Waals surface area contributed by atoms with Gasteiger partial charge in [0, 0.05) is 17.8 Å². The Labute approximate surface area is 94.0 Å². The molecule has 1 unspecified atom stereocenters. The van der Waals surface area contributed by atoms with Crippen LogP contribution >= 0.6 is 0 Å². The van der Waals surface area contributed by atoms with Gasteiger partial charge in [0.25, 0.3) is 0 Å². The topological polar surface area (TPSA) is 51.0 Å². The number of fused-ring (bicyclic) bond motifs is 1. The summed E-state index contributed by atoms with van der Waals surface area (Å²) in [5.41, 5.74) is 1.75. The van der Waals surface area contributed by atoms with E-state index in [1.54, 1.807) is 6.20 Å². The van der Waals surface area contributed by atoms with Gasteiger partial charge in [0.05, 0.1) is 6.20 Å². The maximum atomic E-state index is 5.90. The van der Waals surface area contributed by atoms with Crippen molar-refractivity contribution in [1.29, 1.82) is 0 Å². The molecular formula is C12H15N3O. The van der Waals surface area contributed by atoms with Crippen LogP contribution in [-0.2, 0) is 0 Å². The Morgan fingerprint density at radius 3 is 3.19 bits per heavy atom. The molecule has 3 heterocycles. The molecule has 1 aliphatic rings. The average molecular weight is 217 g/mol. The van der Waals surface area contributed by atoms with Crippen LogP contribution in [0.15, 0.2) is 16.7 Å². The van der Waals surface area contributed by atoms with E-state index in [-0.39, 0.29) is 0 Å². The van der Waals surface area contributed by atoms with Crippen molar-refractivity contribution in [3.63, 3.8) is 0 Å². The van der Waals surface area contributed by atoms with Crippen LogP contribution in [0.2, 0.25) is 0 Å². The lowest BCUT2D eigenvalue weighted by Gasteiger charge is -2.20. The molecule has 2 aromatic heterocycles. The zero-order chi connectivity index (χ0) is 11.0. The molecule has 4 nitrogen and oxygen atoms in total. The van der Waals surface area contributed by atoms with E-state index in [0.29, 0.717) is 5.92 Å². The normalized spacial score (nSPS) is 21.4. The Balaban J connectivity index is 2.01. The summed E-state index contributed by atoms with van der Waals surface area (Å²) in [4.78, 5) is 0. The molecule has 1 saturated heterocycles. The fraction of sp³-hybridized carbons (Fsp3) is 0.500. The van der Waals surface area contributed by atoms with Crippen LogP contribution in [0, 0.1) is 6.92 Å². The van der Waals surface area contributed by atoms with Crippen molar-refractivity contribution >= 4 is 11.0 Å². The van der Waals surface area contributed by atoms with Gasteiger partial charge in [0.1, 0.15) is 11.5 Å². The van der Waals surface area contributed by atoms with E-state index in [9.17, 15) is 0 Å². The highest BCUT2D eigenvalue weighted by atomic mass is 16.3. The molecule has 3 rings (SSSR count). The maximum Gasteiger partial charge on any atom is 0.158 e. The number of nitrogens with zero attached hydrogens (tertiary/aromatic N) is 2. The quantitative estimate of drug-likeness (QED) is 0.793. The van der Waals surface area contributed by atoms with Gasteiger partial charge in [-0.1, -0.05) is 0 Å². The standard InChI is InChI=1S/C12H15N3O/c1-8-12-10(7-14-15-8)5-11(16-12)9-3-2-4-13-6-9/h5,7,9,13H,2-4,6H2,1H3. The predicted molar refractivity (Wildman–Crippen MR) is 61.4 cm³/mol. The van der Waals surface area contributed by atoms with Crippen molar-refractivity contribution < 1.29 is 4.42 Å². The van der Waals surface area contributed by atoms with Gasteiger partial charge in [-0.05, 0) is 32.4 Å². The van der Waals surface area contributed by atoms with Gasteiger partial charge in [-0.3, -0.25) is 0 Å². The highest BCUT2D eigenvalue weighted by Crippen LogP contribution is 2.29. The fourth-order valence-corrected chi connectivity index (χ4v) is 2.32. The average Bonchev–Trinajstić information content (AvgIpc) is 2.76. The summed E-state index contributed by atoms with van der Waals surface area (Å²) in [6.07, 6.45) is 4.19. The van der Waals surface area contributed by atoms with Gasteiger partial charge < -0.3 is 9.73 Å². The summed E-state index contributed by atoms with van der Waals surface area (Å²) < 4.78 is 5.90. The molecular weight excluding hydrogens is 202 g/mol. The SMILES string of the molecule is Cc1nncc2cc(C3CCCNC3)oc12. The first-order valence-electron chi connectivity index (χ1n) is 5.77. The molecule has 0 bridgehead atoms. The van der Waals surface area contributed by atoms with Crippen molar-refractivity contribution in [2.75, 3.05) is 13.1 Å². The van der Waals surface area contributed by atoms with E-state index in [2.05, 4.69) is 21.6 Å². The molecule has 1 fully saturated rings. The third-order valence-electron chi connectivity index (χ3n) is 3.21. The molecule has 0 spiro atoms. The van der Waals surface area contributed by atoms with Gasteiger partial charge in [0.2, 0.25) is 0 Å². The molecule has 4 heteroatoms. The number of piperidine rings is 1. The third-order valence-corrected chi connectivity index (χ3v) is 3.21. The summed E-state index contributed by atoms with van der Waals surface area (Å²) in [7, 11) is 0. The number of nitrogens with one attached hydrogen (secondary N) is 1. The number of hydrogen-bond acceptors (Lipinski definition) is 4. The Hall–Kier alpha value is -1.42. The second-order valence-corrected chi connectivity index (χ2v) is 4.41. The van der Waals surface area contributed by atoms with Crippen LogP contribution in [0.25, 0.3) is 11.0 Å². The van der Waals surface area contributed by atoms with Crippen LogP contribution in [0.5, 0.6) is 0 Å². The molecule has 2 aromatic rings. The molecule has 0 aliphatic carbocycles. The van der Waals surface area contributed by atoms with Crippen LogP contribution in [0.3, 0.4) is 0 Å². The zero-order valence-corrected chi connectivity index (χ0v) is 9.36. The highest BCUT2D eigenvalue weighted by molar-refractivity contribution is 5.78. The summed E-state index contributed by atoms with van der Waals surface area (Å²) in [5.74, 6) is 1.57. The van der Waals surface area contributed by atoms with Crippen LogP contribution < -0.4 is 5.32 Å². The van der Waals surface area contributed by atoms with Gasteiger partial charge in [-0.2, -0.15) is 10.2 Å². The molecule has 0 saturated carbocycles.